The monoisotopic (exact) mass is 717 g/mol. The van der Waals surface area contributed by atoms with Crippen LogP contribution in [-0.4, -0.2) is 54.2 Å². The topological polar surface area (TPSA) is 51.8 Å². The summed E-state index contributed by atoms with van der Waals surface area (Å²) in [4.78, 5) is 15.4. The van der Waals surface area contributed by atoms with Crippen molar-refractivity contribution in [3.05, 3.63) is 133 Å². The van der Waals surface area contributed by atoms with Crippen LogP contribution in [0.2, 0.25) is 0 Å². The SMILES string of the molecule is Bc1c(B)c(B)c(-c2cccc(-c3nc(-c4ccccc4)nc(-c4ccc5oc6cccc(-c7cccc8c7sc7ccccc78)c6c5c4)n3)c2)c(B)c1B. The lowest BCUT2D eigenvalue weighted by atomic mass is 9.59. The van der Waals surface area contributed by atoms with Crippen LogP contribution in [0.25, 0.3) is 98.5 Å². The van der Waals surface area contributed by atoms with Gasteiger partial charge < -0.3 is 4.42 Å². The zero-order chi connectivity index (χ0) is 37.4. The van der Waals surface area contributed by atoms with Crippen molar-refractivity contribution in [3.63, 3.8) is 0 Å². The molecular weight excluding hydrogens is 685 g/mol. The number of hydrogen-bond acceptors (Lipinski definition) is 5. The fourth-order valence-corrected chi connectivity index (χ4v) is 9.48. The van der Waals surface area contributed by atoms with E-state index in [0.29, 0.717) is 17.5 Å². The lowest BCUT2D eigenvalue weighted by molar-refractivity contribution is 0.669. The first-order chi connectivity index (χ1) is 26.8. The molecule has 55 heavy (non-hydrogen) atoms. The van der Waals surface area contributed by atoms with Crippen LogP contribution in [0.15, 0.2) is 138 Å². The molecule has 0 spiro atoms. The zero-order valence-corrected chi connectivity index (χ0v) is 32.2. The molecule has 0 radical (unpaired) electrons. The molecule has 4 nitrogen and oxygen atoms in total. The standard InChI is InChI=1S/C45H32B5N3OS/c46-37-35(38(47)40(49)41(50)39(37)48)24-11-6-12-25(21-24)44-51-43(23-9-2-1-3-10-23)52-45(53-44)26-19-20-32-31(22-26)36-28(14-8-17-33(36)54-32)30-16-7-15-29-27-13-4-5-18-34(27)55-42(29)30/h1-22H,46-50H2. The second kappa shape index (κ2) is 13.0. The van der Waals surface area contributed by atoms with Crippen LogP contribution in [-0.2, 0) is 0 Å². The second-order valence-electron chi connectivity index (χ2n) is 14.5. The van der Waals surface area contributed by atoms with Crippen LogP contribution in [0.4, 0.5) is 0 Å². The number of benzene rings is 7. The third kappa shape index (κ3) is 5.46. The largest absolute Gasteiger partial charge is 0.456 e. The first-order valence-corrected chi connectivity index (χ1v) is 19.5. The van der Waals surface area contributed by atoms with E-state index in [0.717, 1.165) is 49.8 Å². The van der Waals surface area contributed by atoms with Gasteiger partial charge in [0.1, 0.15) is 50.4 Å². The van der Waals surface area contributed by atoms with Gasteiger partial charge >= 0.3 is 0 Å². The van der Waals surface area contributed by atoms with Gasteiger partial charge in [0.2, 0.25) is 0 Å². The Balaban J connectivity index is 1.16. The van der Waals surface area contributed by atoms with Gasteiger partial charge in [-0.05, 0) is 53.1 Å². The summed E-state index contributed by atoms with van der Waals surface area (Å²) in [5, 5.41) is 4.68. The van der Waals surface area contributed by atoms with Crippen molar-refractivity contribution in [1.29, 1.82) is 0 Å². The van der Waals surface area contributed by atoms with E-state index in [2.05, 4.69) is 148 Å². The summed E-state index contributed by atoms with van der Waals surface area (Å²) in [5.41, 5.74) is 15.9. The van der Waals surface area contributed by atoms with Crippen LogP contribution < -0.4 is 27.3 Å². The van der Waals surface area contributed by atoms with Crippen molar-refractivity contribution < 1.29 is 4.42 Å². The van der Waals surface area contributed by atoms with Gasteiger partial charge in [-0.1, -0.05) is 108 Å². The highest BCUT2D eigenvalue weighted by atomic mass is 32.1. The van der Waals surface area contributed by atoms with Crippen molar-refractivity contribution in [2.45, 2.75) is 0 Å². The Bertz CT molecular complexity index is 3150. The molecule has 0 aliphatic rings. The van der Waals surface area contributed by atoms with Gasteiger partial charge in [-0.3, -0.25) is 0 Å². The summed E-state index contributed by atoms with van der Waals surface area (Å²) in [5.74, 6) is 1.88. The molecular formula is C45H32B5N3OS. The van der Waals surface area contributed by atoms with Gasteiger partial charge in [0.05, 0.1) is 0 Å². The number of rotatable bonds is 5. The normalized spacial score (nSPS) is 11.6. The van der Waals surface area contributed by atoms with E-state index in [1.807, 2.05) is 35.6 Å². The van der Waals surface area contributed by atoms with Crippen LogP contribution in [0.3, 0.4) is 0 Å². The van der Waals surface area contributed by atoms with E-state index < -0.39 is 0 Å². The quantitative estimate of drug-likeness (QED) is 0.255. The Hall–Kier alpha value is -6.11. The fourth-order valence-electron chi connectivity index (χ4n) is 8.25. The lowest BCUT2D eigenvalue weighted by Crippen LogP contribution is -2.55. The van der Waals surface area contributed by atoms with E-state index in [1.165, 1.54) is 58.6 Å². The minimum Gasteiger partial charge on any atom is -0.456 e. The van der Waals surface area contributed by atoms with Gasteiger partial charge in [0, 0.05) is 53.2 Å². The van der Waals surface area contributed by atoms with E-state index in [-0.39, 0.29) is 0 Å². The Morgan fingerprint density at radius 2 is 1.00 bits per heavy atom. The smallest absolute Gasteiger partial charge is 0.164 e. The fraction of sp³-hybridized carbons (Fsp3) is 0. The average Bonchev–Trinajstić information content (AvgIpc) is 3.81. The van der Waals surface area contributed by atoms with Crippen LogP contribution in [0.1, 0.15) is 0 Å². The molecule has 0 atom stereocenters. The lowest BCUT2D eigenvalue weighted by Gasteiger charge is -2.20. The van der Waals surface area contributed by atoms with E-state index >= 15 is 0 Å². The van der Waals surface area contributed by atoms with Gasteiger partial charge in [-0.2, -0.15) is 0 Å². The molecule has 0 aliphatic heterocycles. The number of nitrogens with zero attached hydrogens (tertiary/aromatic N) is 3. The molecule has 0 N–H and O–H groups in total. The molecule has 7 aromatic carbocycles. The van der Waals surface area contributed by atoms with Crippen molar-refractivity contribution in [1.82, 2.24) is 15.0 Å². The minimum atomic E-state index is 0.615. The first kappa shape index (κ1) is 33.5. The van der Waals surface area contributed by atoms with Crippen molar-refractivity contribution in [2.24, 2.45) is 0 Å². The maximum atomic E-state index is 6.51. The molecule has 0 bridgehead atoms. The van der Waals surface area contributed by atoms with Crippen LogP contribution in [0.5, 0.6) is 0 Å². The Morgan fingerprint density at radius 3 is 1.78 bits per heavy atom. The second-order valence-corrected chi connectivity index (χ2v) is 15.6. The Morgan fingerprint density at radius 1 is 0.418 bits per heavy atom. The molecule has 0 saturated heterocycles. The van der Waals surface area contributed by atoms with Crippen LogP contribution >= 0.6 is 11.3 Å². The Kier molecular flexibility index (Phi) is 7.93. The third-order valence-electron chi connectivity index (χ3n) is 11.5. The molecule has 3 heterocycles. The number of thiophene rings is 1. The summed E-state index contributed by atoms with van der Waals surface area (Å²) in [7, 11) is 11.1. The number of fused-ring (bicyclic) bond motifs is 6. The summed E-state index contributed by atoms with van der Waals surface area (Å²) < 4.78 is 9.08. The van der Waals surface area contributed by atoms with E-state index in [1.54, 1.807) is 0 Å². The number of hydrogen-bond donors (Lipinski definition) is 0. The van der Waals surface area contributed by atoms with E-state index in [4.69, 9.17) is 19.4 Å². The highest BCUT2D eigenvalue weighted by Gasteiger charge is 2.20. The number of furan rings is 1. The highest BCUT2D eigenvalue weighted by molar-refractivity contribution is 7.26. The van der Waals surface area contributed by atoms with Gasteiger partial charge in [-0.15, -0.1) is 27.7 Å². The van der Waals surface area contributed by atoms with Gasteiger partial charge in [0.25, 0.3) is 0 Å². The molecule has 254 valence electrons. The molecule has 3 aromatic heterocycles. The van der Waals surface area contributed by atoms with Crippen molar-refractivity contribution in [3.8, 4) is 56.4 Å². The summed E-state index contributed by atoms with van der Waals surface area (Å²) >= 11 is 1.84. The van der Waals surface area contributed by atoms with Crippen molar-refractivity contribution in [2.75, 3.05) is 0 Å². The molecule has 0 fully saturated rings. The Labute approximate surface area is 327 Å². The highest BCUT2D eigenvalue weighted by Crippen LogP contribution is 2.44. The number of aromatic nitrogens is 3. The zero-order valence-electron chi connectivity index (χ0n) is 31.4. The third-order valence-corrected chi connectivity index (χ3v) is 12.7. The predicted molar refractivity (Wildman–Crippen MR) is 248 cm³/mol. The summed E-state index contributed by atoms with van der Waals surface area (Å²) in [6.07, 6.45) is 0. The van der Waals surface area contributed by atoms with E-state index in [9.17, 15) is 0 Å². The molecule has 10 aromatic rings. The molecule has 10 heteroatoms. The predicted octanol–water partition coefficient (Wildman–Crippen LogP) is 3.77. The summed E-state index contributed by atoms with van der Waals surface area (Å²) in [6, 6.07) is 46.8. The van der Waals surface area contributed by atoms with Gasteiger partial charge in [-0.25, -0.2) is 15.0 Å². The molecule has 0 amide bonds. The minimum absolute atomic E-state index is 0.615. The van der Waals surface area contributed by atoms with Gasteiger partial charge in [0.15, 0.2) is 17.5 Å². The molecule has 10 rings (SSSR count). The maximum absolute atomic E-state index is 6.51. The van der Waals surface area contributed by atoms with Crippen molar-refractivity contribution >= 4 is 120 Å². The molecule has 0 saturated carbocycles. The molecule has 0 unspecified atom stereocenters. The first-order valence-electron chi connectivity index (χ1n) is 18.7. The molecule has 0 aliphatic carbocycles. The summed E-state index contributed by atoms with van der Waals surface area (Å²) in [6.45, 7) is 0. The van der Waals surface area contributed by atoms with Crippen LogP contribution in [0, 0.1) is 0 Å². The maximum Gasteiger partial charge on any atom is 0.164 e. The average molecular weight is 717 g/mol.